The average Bonchev–Trinajstić information content (AvgIpc) is 2.50. The Morgan fingerprint density at radius 1 is 1.48 bits per heavy atom. The fourth-order valence-corrected chi connectivity index (χ4v) is 3.45. The molecule has 1 rings (SSSR count). The maximum atomic E-state index is 12.2. The first-order chi connectivity index (χ1) is 10.8. The lowest BCUT2D eigenvalue weighted by atomic mass is 10.2. The van der Waals surface area contributed by atoms with Gasteiger partial charge in [0.1, 0.15) is 4.32 Å². The lowest BCUT2D eigenvalue weighted by Gasteiger charge is -2.23. The van der Waals surface area contributed by atoms with Crippen LogP contribution in [0.1, 0.15) is 20.8 Å². The number of anilines is 1. The smallest absolute Gasteiger partial charge is 0.271 e. The standard InChI is InChI=1S/C14H18ClN3O3S2/c1-4-17(5-2)14(22)23-9(3)13(19)16-12-8-10(18(20)21)6-7-11(12)15/h6-9H,4-5H2,1-3H3,(H,16,19). The zero-order valence-electron chi connectivity index (χ0n) is 13.0. The molecule has 6 nitrogen and oxygen atoms in total. The van der Waals surface area contributed by atoms with Crippen molar-refractivity contribution in [2.24, 2.45) is 0 Å². The van der Waals surface area contributed by atoms with Crippen LogP contribution in [0.5, 0.6) is 0 Å². The predicted molar refractivity (Wildman–Crippen MR) is 99.3 cm³/mol. The summed E-state index contributed by atoms with van der Waals surface area (Å²) in [6, 6.07) is 3.90. The van der Waals surface area contributed by atoms with E-state index in [-0.39, 0.29) is 22.3 Å². The summed E-state index contributed by atoms with van der Waals surface area (Å²) in [5, 5.41) is 13.2. The molecule has 0 aliphatic rings. The number of benzene rings is 1. The minimum atomic E-state index is -0.542. The third-order valence-electron chi connectivity index (χ3n) is 3.09. The van der Waals surface area contributed by atoms with Gasteiger partial charge < -0.3 is 10.2 Å². The molecule has 9 heteroatoms. The SMILES string of the molecule is CCN(CC)C(=S)SC(C)C(=O)Nc1cc([N+](=O)[O-])ccc1Cl. The monoisotopic (exact) mass is 375 g/mol. The highest BCUT2D eigenvalue weighted by Crippen LogP contribution is 2.27. The molecule has 0 saturated heterocycles. The van der Waals surface area contributed by atoms with Gasteiger partial charge in [0.05, 0.1) is 20.9 Å². The van der Waals surface area contributed by atoms with Crippen molar-refractivity contribution >= 4 is 57.2 Å². The Labute approximate surface area is 149 Å². The van der Waals surface area contributed by atoms with Crippen molar-refractivity contribution in [3.63, 3.8) is 0 Å². The normalized spacial score (nSPS) is 11.7. The Kier molecular flexibility index (Phi) is 7.74. The maximum absolute atomic E-state index is 12.2. The molecule has 126 valence electrons. The summed E-state index contributed by atoms with van der Waals surface area (Å²) in [5.41, 5.74) is 0.0794. The molecule has 0 spiro atoms. The molecule has 0 aromatic heterocycles. The summed E-state index contributed by atoms with van der Waals surface area (Å²) in [6.07, 6.45) is 0. The Balaban J connectivity index is 2.77. The van der Waals surface area contributed by atoms with Crippen molar-refractivity contribution in [2.45, 2.75) is 26.0 Å². The first kappa shape index (κ1) is 19.7. The lowest BCUT2D eigenvalue weighted by molar-refractivity contribution is -0.384. The van der Waals surface area contributed by atoms with Gasteiger partial charge in [0.25, 0.3) is 5.69 Å². The van der Waals surface area contributed by atoms with E-state index < -0.39 is 10.2 Å². The molecule has 0 bridgehead atoms. The van der Waals surface area contributed by atoms with E-state index in [1.807, 2.05) is 18.7 Å². The van der Waals surface area contributed by atoms with Crippen LogP contribution in [0.3, 0.4) is 0 Å². The molecule has 23 heavy (non-hydrogen) atoms. The number of thioether (sulfide) groups is 1. The number of halogens is 1. The quantitative estimate of drug-likeness (QED) is 0.461. The van der Waals surface area contributed by atoms with Gasteiger partial charge in [-0.2, -0.15) is 0 Å². The third kappa shape index (κ3) is 5.63. The van der Waals surface area contributed by atoms with E-state index in [0.29, 0.717) is 4.32 Å². The molecule has 1 atom stereocenters. The van der Waals surface area contributed by atoms with Gasteiger partial charge in [-0.25, -0.2) is 0 Å². The molecule has 1 amide bonds. The van der Waals surface area contributed by atoms with Crippen molar-refractivity contribution in [3.05, 3.63) is 33.3 Å². The summed E-state index contributed by atoms with van der Waals surface area (Å²) < 4.78 is 0.641. The second-order valence-electron chi connectivity index (χ2n) is 4.61. The molecule has 0 radical (unpaired) electrons. The molecule has 0 fully saturated rings. The fraction of sp³-hybridized carbons (Fsp3) is 0.429. The summed E-state index contributed by atoms with van der Waals surface area (Å²) in [7, 11) is 0. The van der Waals surface area contributed by atoms with E-state index in [0.717, 1.165) is 13.1 Å². The van der Waals surface area contributed by atoms with Gasteiger partial charge in [-0.05, 0) is 26.8 Å². The number of nitrogens with zero attached hydrogens (tertiary/aromatic N) is 2. The van der Waals surface area contributed by atoms with Gasteiger partial charge in [0.15, 0.2) is 0 Å². The van der Waals surface area contributed by atoms with Crippen molar-refractivity contribution in [1.82, 2.24) is 4.90 Å². The van der Waals surface area contributed by atoms with Crippen LogP contribution >= 0.6 is 35.6 Å². The number of amides is 1. The fourth-order valence-electron chi connectivity index (χ4n) is 1.72. The minimum Gasteiger partial charge on any atom is -0.358 e. The van der Waals surface area contributed by atoms with E-state index >= 15 is 0 Å². The summed E-state index contributed by atoms with van der Waals surface area (Å²) in [4.78, 5) is 24.5. The summed E-state index contributed by atoms with van der Waals surface area (Å²) in [5.74, 6) is -0.313. The van der Waals surface area contributed by atoms with Gasteiger partial charge in [-0.15, -0.1) is 0 Å². The number of hydrogen-bond acceptors (Lipinski definition) is 5. The van der Waals surface area contributed by atoms with Crippen molar-refractivity contribution in [3.8, 4) is 0 Å². The highest BCUT2D eigenvalue weighted by molar-refractivity contribution is 8.23. The van der Waals surface area contributed by atoms with Crippen LogP contribution < -0.4 is 5.32 Å². The van der Waals surface area contributed by atoms with E-state index in [2.05, 4.69) is 5.32 Å². The van der Waals surface area contributed by atoms with E-state index in [1.54, 1.807) is 6.92 Å². The number of thiocarbonyl (C=S) groups is 1. The van der Waals surface area contributed by atoms with Crippen LogP contribution in [-0.2, 0) is 4.79 Å². The van der Waals surface area contributed by atoms with Gasteiger partial charge in [0, 0.05) is 25.2 Å². The Morgan fingerprint density at radius 2 is 2.09 bits per heavy atom. The first-order valence-electron chi connectivity index (χ1n) is 7.00. The zero-order valence-corrected chi connectivity index (χ0v) is 15.4. The highest BCUT2D eigenvalue weighted by Gasteiger charge is 2.20. The van der Waals surface area contributed by atoms with E-state index in [1.165, 1.54) is 30.0 Å². The van der Waals surface area contributed by atoms with Crippen molar-refractivity contribution in [1.29, 1.82) is 0 Å². The molecule has 1 aromatic rings. The van der Waals surface area contributed by atoms with E-state index in [9.17, 15) is 14.9 Å². The molecule has 1 unspecified atom stereocenters. The molecule has 1 N–H and O–H groups in total. The van der Waals surface area contributed by atoms with Crippen LogP contribution in [0, 0.1) is 10.1 Å². The van der Waals surface area contributed by atoms with Crippen molar-refractivity contribution < 1.29 is 9.72 Å². The van der Waals surface area contributed by atoms with Crippen LogP contribution in [0.2, 0.25) is 5.02 Å². The number of non-ortho nitro benzene ring substituents is 1. The molecular weight excluding hydrogens is 358 g/mol. The summed E-state index contributed by atoms with van der Waals surface area (Å²) >= 11 is 12.5. The number of hydrogen-bond donors (Lipinski definition) is 1. The predicted octanol–water partition coefficient (Wildman–Crippen LogP) is 3.94. The largest absolute Gasteiger partial charge is 0.358 e. The lowest BCUT2D eigenvalue weighted by Crippen LogP contribution is -2.31. The topological polar surface area (TPSA) is 75.5 Å². The molecular formula is C14H18ClN3O3S2. The molecule has 0 aliphatic heterocycles. The summed E-state index contributed by atoms with van der Waals surface area (Å²) in [6.45, 7) is 7.25. The molecule has 1 aromatic carbocycles. The molecule has 0 heterocycles. The number of rotatable bonds is 6. The number of nitrogens with one attached hydrogen (secondary N) is 1. The maximum Gasteiger partial charge on any atom is 0.271 e. The van der Waals surface area contributed by atoms with Gasteiger partial charge in [-0.3, -0.25) is 14.9 Å². The number of carbonyl (C=O) groups excluding carboxylic acids is 1. The Bertz CT molecular complexity index is 609. The minimum absolute atomic E-state index is 0.135. The van der Waals surface area contributed by atoms with Crippen LogP contribution in [0.15, 0.2) is 18.2 Å². The molecule has 0 aliphatic carbocycles. The second kappa shape index (κ2) is 9.05. The van der Waals surface area contributed by atoms with Crippen LogP contribution in [-0.4, -0.2) is 38.4 Å². The Morgan fingerprint density at radius 3 is 2.61 bits per heavy atom. The Hall–Kier alpha value is -1.38. The van der Waals surface area contributed by atoms with Crippen molar-refractivity contribution in [2.75, 3.05) is 18.4 Å². The molecule has 0 saturated carbocycles. The first-order valence-corrected chi connectivity index (χ1v) is 8.67. The van der Waals surface area contributed by atoms with E-state index in [4.69, 9.17) is 23.8 Å². The zero-order chi connectivity index (χ0) is 17.6. The van der Waals surface area contributed by atoms with Gasteiger partial charge >= 0.3 is 0 Å². The van der Waals surface area contributed by atoms with Gasteiger partial charge in [0.2, 0.25) is 5.91 Å². The second-order valence-corrected chi connectivity index (χ2v) is 6.99. The van der Waals surface area contributed by atoms with Crippen LogP contribution in [0.25, 0.3) is 0 Å². The van der Waals surface area contributed by atoms with Crippen LogP contribution in [0.4, 0.5) is 11.4 Å². The highest BCUT2D eigenvalue weighted by atomic mass is 35.5. The number of nitro groups is 1. The average molecular weight is 376 g/mol. The third-order valence-corrected chi connectivity index (χ3v) is 4.99. The van der Waals surface area contributed by atoms with Gasteiger partial charge in [-0.1, -0.05) is 35.6 Å². The number of nitro benzene ring substituents is 1. The number of carbonyl (C=O) groups is 1.